The normalized spacial score (nSPS) is 24.1. The van der Waals surface area contributed by atoms with Crippen molar-refractivity contribution in [2.75, 3.05) is 13.2 Å². The summed E-state index contributed by atoms with van der Waals surface area (Å²) in [5.41, 5.74) is 3.11. The molecule has 0 radical (unpaired) electrons. The van der Waals surface area contributed by atoms with Crippen molar-refractivity contribution in [1.29, 1.82) is 0 Å². The Labute approximate surface area is 240 Å². The highest BCUT2D eigenvalue weighted by Crippen LogP contribution is 2.47. The van der Waals surface area contributed by atoms with E-state index in [2.05, 4.69) is 5.16 Å². The van der Waals surface area contributed by atoms with Crippen LogP contribution in [0.3, 0.4) is 0 Å². The van der Waals surface area contributed by atoms with E-state index in [9.17, 15) is 5.11 Å². The molecule has 3 heterocycles. The van der Waals surface area contributed by atoms with Crippen LogP contribution in [0.2, 0.25) is 10.0 Å². The minimum atomic E-state index is -0.981. The third-order valence-electron chi connectivity index (χ3n) is 7.91. The van der Waals surface area contributed by atoms with Crippen LogP contribution in [0.25, 0.3) is 21.5 Å². The molecule has 1 aliphatic heterocycles. The highest BCUT2D eigenvalue weighted by molar-refractivity contribution is 7.18. The average molecular weight is 588 g/mol. The van der Waals surface area contributed by atoms with Crippen molar-refractivity contribution in [1.82, 2.24) is 10.1 Å². The van der Waals surface area contributed by atoms with Crippen LogP contribution in [0.15, 0.2) is 40.9 Å². The molecule has 2 aromatic heterocycles. The molecule has 2 saturated carbocycles. The molecule has 1 saturated heterocycles. The second-order valence-corrected chi connectivity index (χ2v) is 12.4. The van der Waals surface area contributed by atoms with Crippen molar-refractivity contribution in [3.8, 4) is 11.3 Å². The van der Waals surface area contributed by atoms with Gasteiger partial charge in [-0.2, -0.15) is 0 Å². The lowest BCUT2D eigenvalue weighted by molar-refractivity contribution is -0.0640. The van der Waals surface area contributed by atoms with Crippen LogP contribution in [0.1, 0.15) is 72.6 Å². The Hall–Kier alpha value is -2.04. The van der Waals surface area contributed by atoms with Crippen LogP contribution < -0.4 is 0 Å². The van der Waals surface area contributed by atoms with Crippen LogP contribution in [-0.2, 0) is 26.4 Å². The molecule has 204 valence electrons. The number of aromatic nitrogens is 2. The number of hydrogen-bond donors (Lipinski definition) is 1. The van der Waals surface area contributed by atoms with Gasteiger partial charge in [0.15, 0.2) is 6.29 Å². The lowest BCUT2D eigenvalue weighted by Crippen LogP contribution is -2.34. The zero-order valence-corrected chi connectivity index (χ0v) is 23.5. The molecule has 2 aromatic carbocycles. The van der Waals surface area contributed by atoms with Gasteiger partial charge < -0.3 is 23.8 Å². The number of fused-ring (bicyclic) bond motifs is 1. The van der Waals surface area contributed by atoms with Gasteiger partial charge in [-0.1, -0.05) is 46.6 Å². The van der Waals surface area contributed by atoms with E-state index in [1.165, 1.54) is 11.3 Å². The molecule has 39 heavy (non-hydrogen) atoms. The van der Waals surface area contributed by atoms with Gasteiger partial charge in [0, 0.05) is 22.6 Å². The maximum absolute atomic E-state index is 11.6. The molecule has 7 nitrogen and oxygen atoms in total. The van der Waals surface area contributed by atoms with Crippen molar-refractivity contribution in [2.24, 2.45) is 0 Å². The summed E-state index contributed by atoms with van der Waals surface area (Å²) in [6.45, 7) is 1.53. The summed E-state index contributed by atoms with van der Waals surface area (Å²) < 4.78 is 24.7. The largest absolute Gasteiger partial charge is 0.383 e. The maximum Gasteiger partial charge on any atom is 0.185 e. The Morgan fingerprint density at radius 1 is 1.00 bits per heavy atom. The summed E-state index contributed by atoms with van der Waals surface area (Å²) in [7, 11) is 0. The first kappa shape index (κ1) is 25.9. The van der Waals surface area contributed by atoms with E-state index >= 15 is 0 Å². The number of thiazole rings is 1. The van der Waals surface area contributed by atoms with Gasteiger partial charge >= 0.3 is 0 Å². The third kappa shape index (κ3) is 4.90. The van der Waals surface area contributed by atoms with Crippen molar-refractivity contribution >= 4 is 44.8 Å². The predicted molar refractivity (Wildman–Crippen MR) is 149 cm³/mol. The molecule has 0 atom stereocenters. The van der Waals surface area contributed by atoms with E-state index in [0.717, 1.165) is 57.8 Å². The van der Waals surface area contributed by atoms with Crippen LogP contribution in [0, 0.1) is 0 Å². The first-order valence-corrected chi connectivity index (χ1v) is 15.0. The highest BCUT2D eigenvalue weighted by Gasteiger charge is 2.39. The van der Waals surface area contributed by atoms with Gasteiger partial charge in [-0.3, -0.25) is 0 Å². The Balaban J connectivity index is 1.07. The number of rotatable bonds is 7. The molecule has 3 aliphatic rings. The zero-order chi connectivity index (χ0) is 26.6. The number of hydrogen-bond acceptors (Lipinski definition) is 8. The molecule has 4 aromatic rings. The summed E-state index contributed by atoms with van der Waals surface area (Å²) in [5, 5.41) is 17.8. The summed E-state index contributed by atoms with van der Waals surface area (Å²) in [5.74, 6) is 1.24. The first-order valence-electron chi connectivity index (χ1n) is 13.4. The molecule has 1 N–H and O–H groups in total. The van der Waals surface area contributed by atoms with E-state index < -0.39 is 5.60 Å². The topological polar surface area (TPSA) is 86.8 Å². The molecule has 0 unspecified atom stereocenters. The fourth-order valence-electron chi connectivity index (χ4n) is 5.59. The fraction of sp³-hybridized carbons (Fsp3) is 0.448. The van der Waals surface area contributed by atoms with Crippen LogP contribution >= 0.6 is 34.5 Å². The Morgan fingerprint density at radius 3 is 2.44 bits per heavy atom. The van der Waals surface area contributed by atoms with E-state index in [1.807, 2.05) is 24.3 Å². The molecule has 3 fully saturated rings. The number of ether oxygens (including phenoxy) is 3. The molecular formula is C29H28Cl2N2O5S. The predicted octanol–water partition coefficient (Wildman–Crippen LogP) is 7.53. The maximum atomic E-state index is 11.6. The van der Waals surface area contributed by atoms with E-state index in [4.69, 9.17) is 46.9 Å². The number of halogens is 2. The smallest absolute Gasteiger partial charge is 0.185 e. The minimum Gasteiger partial charge on any atom is -0.383 e. The Morgan fingerprint density at radius 2 is 1.72 bits per heavy atom. The molecule has 0 spiro atoms. The second kappa shape index (κ2) is 10.4. The van der Waals surface area contributed by atoms with Crippen LogP contribution in [-0.4, -0.2) is 34.6 Å². The quantitative estimate of drug-likeness (QED) is 0.239. The molecule has 0 bridgehead atoms. The summed E-state index contributed by atoms with van der Waals surface area (Å²) in [4.78, 5) is 4.82. The van der Waals surface area contributed by atoms with Crippen molar-refractivity contribution < 1.29 is 23.8 Å². The van der Waals surface area contributed by atoms with Crippen LogP contribution in [0.4, 0.5) is 0 Å². The number of benzene rings is 2. The van der Waals surface area contributed by atoms with Crippen molar-refractivity contribution in [2.45, 2.75) is 69.0 Å². The van der Waals surface area contributed by atoms with Gasteiger partial charge in [-0.25, -0.2) is 4.98 Å². The van der Waals surface area contributed by atoms with Gasteiger partial charge in [-0.15, -0.1) is 11.3 Å². The average Bonchev–Trinajstić information content (AvgIpc) is 3.31. The van der Waals surface area contributed by atoms with Gasteiger partial charge in [-0.05, 0) is 56.7 Å². The number of nitrogens with zero attached hydrogens (tertiary/aromatic N) is 2. The fourth-order valence-corrected chi connectivity index (χ4v) is 7.40. The highest BCUT2D eigenvalue weighted by atomic mass is 35.5. The second-order valence-electron chi connectivity index (χ2n) is 10.6. The molecular weight excluding hydrogens is 559 g/mol. The van der Waals surface area contributed by atoms with Gasteiger partial charge in [0.2, 0.25) is 0 Å². The molecule has 7 rings (SSSR count). The standard InChI is InChI=1S/C29H28Cl2N2O5S/c30-20-4-2-5-21(31)23(20)24-19(25(38-33-24)16-7-8-16)15-37-17-9-11-29(34,12-10-17)28-32-22-6-1-3-18(26(22)39-28)27-35-13-14-36-27/h1-6,16-17,27,34H,7-15H2/t17-,29+. The summed E-state index contributed by atoms with van der Waals surface area (Å²) in [6, 6.07) is 11.4. The Bertz CT molecular complexity index is 1480. The summed E-state index contributed by atoms with van der Waals surface area (Å²) >= 11 is 14.5. The van der Waals surface area contributed by atoms with Crippen molar-refractivity contribution in [3.63, 3.8) is 0 Å². The first-order chi connectivity index (χ1) is 19.0. The van der Waals surface area contributed by atoms with Gasteiger partial charge in [0.25, 0.3) is 0 Å². The monoisotopic (exact) mass is 586 g/mol. The van der Waals surface area contributed by atoms with E-state index in [-0.39, 0.29) is 12.4 Å². The summed E-state index contributed by atoms with van der Waals surface area (Å²) in [6.07, 6.45) is 4.39. The third-order valence-corrected chi connectivity index (χ3v) is 9.85. The van der Waals surface area contributed by atoms with E-state index in [0.29, 0.717) is 59.9 Å². The van der Waals surface area contributed by atoms with Gasteiger partial charge in [0.1, 0.15) is 22.1 Å². The van der Waals surface area contributed by atoms with E-state index in [1.54, 1.807) is 12.1 Å². The lowest BCUT2D eigenvalue weighted by atomic mass is 9.83. The molecule has 0 amide bonds. The molecule has 2 aliphatic carbocycles. The van der Waals surface area contributed by atoms with Gasteiger partial charge in [0.05, 0.1) is 46.2 Å². The number of aliphatic hydroxyl groups is 1. The zero-order valence-electron chi connectivity index (χ0n) is 21.2. The minimum absolute atomic E-state index is 0.00650. The Kier molecular flexibility index (Phi) is 6.92. The van der Waals surface area contributed by atoms with Crippen molar-refractivity contribution in [3.05, 3.63) is 68.3 Å². The molecule has 10 heteroatoms. The van der Waals surface area contributed by atoms with Crippen LogP contribution in [0.5, 0.6) is 0 Å². The lowest BCUT2D eigenvalue weighted by Gasteiger charge is -2.34. The SMILES string of the molecule is O[C@]1(c2nc3cccc(C4OCCO4)c3s2)CC[C@H](OCc2c(-c3c(Cl)cccc3Cl)noc2C2CC2)CC1.